The number of carbonyl (C=O) groups excluding carboxylic acids is 1. The van der Waals surface area contributed by atoms with E-state index in [2.05, 4.69) is 16.1 Å². The Morgan fingerprint density at radius 3 is 3.24 bits per heavy atom. The Labute approximate surface area is 108 Å². The fraction of sp³-hybridized carbons (Fsp3) is 0.769. The maximum atomic E-state index is 11.8. The first-order valence-corrected chi connectivity index (χ1v) is 7.52. The highest BCUT2D eigenvalue weighted by molar-refractivity contribution is 7.99. The molecule has 4 heteroatoms. The summed E-state index contributed by atoms with van der Waals surface area (Å²) in [5.74, 6) is 4.77. The largest absolute Gasteiger partial charge is 0.338 e. The molecule has 0 aromatic heterocycles. The third kappa shape index (κ3) is 3.17. The zero-order chi connectivity index (χ0) is 12.1. The lowest BCUT2D eigenvalue weighted by molar-refractivity contribution is -0.129. The van der Waals surface area contributed by atoms with Crippen LogP contribution in [0.5, 0.6) is 0 Å². The number of hydrogen-bond donors (Lipinski definition) is 1. The first-order valence-electron chi connectivity index (χ1n) is 6.37. The van der Waals surface area contributed by atoms with Crippen LogP contribution in [0.15, 0.2) is 0 Å². The summed E-state index contributed by atoms with van der Waals surface area (Å²) < 4.78 is 0. The van der Waals surface area contributed by atoms with Crippen molar-refractivity contribution in [3.8, 4) is 12.3 Å². The van der Waals surface area contributed by atoms with E-state index in [1.807, 2.05) is 0 Å². The van der Waals surface area contributed by atoms with Crippen LogP contribution in [0, 0.1) is 12.3 Å². The van der Waals surface area contributed by atoms with Gasteiger partial charge in [0.25, 0.3) is 0 Å². The number of amides is 1. The highest BCUT2D eigenvalue weighted by Crippen LogP contribution is 2.28. The number of nitrogens with zero attached hydrogens (tertiary/aromatic N) is 1. The maximum absolute atomic E-state index is 11.8. The molecule has 94 valence electrons. The van der Waals surface area contributed by atoms with Gasteiger partial charge < -0.3 is 10.2 Å². The molecule has 0 bridgehead atoms. The average molecular weight is 252 g/mol. The van der Waals surface area contributed by atoms with Crippen molar-refractivity contribution in [3.63, 3.8) is 0 Å². The number of hydrogen-bond acceptors (Lipinski definition) is 3. The van der Waals surface area contributed by atoms with E-state index >= 15 is 0 Å². The predicted molar refractivity (Wildman–Crippen MR) is 71.9 cm³/mol. The molecule has 0 saturated carbocycles. The lowest BCUT2D eigenvalue weighted by Gasteiger charge is -2.32. The predicted octanol–water partition coefficient (Wildman–Crippen LogP) is 1.10. The third-order valence-corrected chi connectivity index (χ3v) is 4.43. The zero-order valence-corrected chi connectivity index (χ0v) is 11.0. The number of terminal acetylenes is 1. The normalized spacial score (nSPS) is 27.9. The monoisotopic (exact) mass is 252 g/mol. The molecule has 1 N–H and O–H groups in total. The summed E-state index contributed by atoms with van der Waals surface area (Å²) in [7, 11) is 0. The summed E-state index contributed by atoms with van der Waals surface area (Å²) in [5.41, 5.74) is 0. The van der Waals surface area contributed by atoms with Crippen molar-refractivity contribution in [2.24, 2.45) is 0 Å². The fourth-order valence-corrected chi connectivity index (χ4v) is 3.31. The molecule has 0 aliphatic carbocycles. The molecule has 2 saturated heterocycles. The second-order valence-corrected chi connectivity index (χ2v) is 5.78. The van der Waals surface area contributed by atoms with Crippen molar-refractivity contribution in [1.29, 1.82) is 0 Å². The molecule has 2 heterocycles. The minimum absolute atomic E-state index is 0.337. The molecule has 1 amide bonds. The van der Waals surface area contributed by atoms with Crippen molar-refractivity contribution in [2.45, 2.75) is 37.8 Å². The van der Waals surface area contributed by atoms with Crippen LogP contribution >= 0.6 is 11.8 Å². The second-order valence-electron chi connectivity index (χ2n) is 4.67. The number of fused-ring (bicyclic) bond motifs is 1. The van der Waals surface area contributed by atoms with Gasteiger partial charge >= 0.3 is 0 Å². The molecule has 2 unspecified atom stereocenters. The molecule has 3 nitrogen and oxygen atoms in total. The smallest absolute Gasteiger partial charge is 0.224 e. The topological polar surface area (TPSA) is 32.3 Å². The van der Waals surface area contributed by atoms with E-state index < -0.39 is 0 Å². The summed E-state index contributed by atoms with van der Waals surface area (Å²) in [5, 5.41) is 3.52. The van der Waals surface area contributed by atoms with Crippen LogP contribution in [0.25, 0.3) is 0 Å². The molecule has 2 aliphatic heterocycles. The molecule has 2 atom stereocenters. The van der Waals surface area contributed by atoms with E-state index in [1.165, 1.54) is 19.3 Å². The molecule has 0 aromatic carbocycles. The number of piperidine rings is 1. The van der Waals surface area contributed by atoms with Gasteiger partial charge in [0.05, 0.1) is 5.75 Å². The fourth-order valence-electron chi connectivity index (χ4n) is 2.78. The summed E-state index contributed by atoms with van der Waals surface area (Å²) in [6, 6.07) is 0.822. The highest BCUT2D eigenvalue weighted by atomic mass is 32.2. The number of carbonyl (C=O) groups is 1. The van der Waals surface area contributed by atoms with Crippen LogP contribution in [-0.4, -0.2) is 47.5 Å². The van der Waals surface area contributed by atoms with Crippen molar-refractivity contribution < 1.29 is 4.79 Å². The standard InChI is InChI=1S/C13H20N2OS/c1-2-8-17-9-6-14-11-10-13(16)15-7-4-3-5-12(11)15/h1,11-12,14H,3-10H2. The third-order valence-electron chi connectivity index (χ3n) is 3.57. The van der Waals surface area contributed by atoms with Gasteiger partial charge in [-0.2, -0.15) is 0 Å². The molecule has 17 heavy (non-hydrogen) atoms. The summed E-state index contributed by atoms with van der Waals surface area (Å²) >= 11 is 1.77. The lowest BCUT2D eigenvalue weighted by atomic mass is 9.99. The summed E-state index contributed by atoms with van der Waals surface area (Å²) in [6.45, 7) is 1.92. The van der Waals surface area contributed by atoms with Crippen LogP contribution in [0.3, 0.4) is 0 Å². The Kier molecular flexibility index (Phi) is 4.75. The zero-order valence-electron chi connectivity index (χ0n) is 10.2. The van der Waals surface area contributed by atoms with Crippen LogP contribution < -0.4 is 5.32 Å². The lowest BCUT2D eigenvalue weighted by Crippen LogP contribution is -2.46. The van der Waals surface area contributed by atoms with Gasteiger partial charge in [0.1, 0.15) is 0 Å². The number of thioether (sulfide) groups is 1. The molecule has 0 aromatic rings. The van der Waals surface area contributed by atoms with Crippen molar-refractivity contribution >= 4 is 17.7 Å². The van der Waals surface area contributed by atoms with Gasteiger partial charge in [0, 0.05) is 37.3 Å². The van der Waals surface area contributed by atoms with Gasteiger partial charge in [-0.25, -0.2) is 0 Å². The Morgan fingerprint density at radius 1 is 1.53 bits per heavy atom. The van der Waals surface area contributed by atoms with E-state index in [9.17, 15) is 4.79 Å². The molecular weight excluding hydrogens is 232 g/mol. The quantitative estimate of drug-likeness (QED) is 0.587. The first kappa shape index (κ1) is 12.8. The van der Waals surface area contributed by atoms with Gasteiger partial charge in [0.2, 0.25) is 5.91 Å². The second kappa shape index (κ2) is 6.32. The first-order chi connectivity index (χ1) is 8.33. The van der Waals surface area contributed by atoms with Gasteiger partial charge in [-0.3, -0.25) is 4.79 Å². The van der Waals surface area contributed by atoms with Crippen LogP contribution in [0.1, 0.15) is 25.7 Å². The molecular formula is C13H20N2OS. The van der Waals surface area contributed by atoms with Crippen molar-refractivity contribution in [1.82, 2.24) is 10.2 Å². The highest BCUT2D eigenvalue weighted by Gasteiger charge is 2.40. The van der Waals surface area contributed by atoms with E-state index in [-0.39, 0.29) is 0 Å². The average Bonchev–Trinajstić information content (AvgIpc) is 2.67. The maximum Gasteiger partial charge on any atom is 0.224 e. The van der Waals surface area contributed by atoms with Crippen molar-refractivity contribution in [2.75, 3.05) is 24.6 Å². The summed E-state index contributed by atoms with van der Waals surface area (Å²) in [6.07, 6.45) is 9.48. The van der Waals surface area contributed by atoms with Gasteiger partial charge in [-0.1, -0.05) is 5.92 Å². The van der Waals surface area contributed by atoms with Crippen LogP contribution in [0.2, 0.25) is 0 Å². The van der Waals surface area contributed by atoms with Crippen LogP contribution in [0.4, 0.5) is 0 Å². The van der Waals surface area contributed by atoms with E-state index in [0.29, 0.717) is 24.4 Å². The molecule has 2 fully saturated rings. The Bertz CT molecular complexity index is 313. The molecule has 0 spiro atoms. The Balaban J connectivity index is 1.74. The minimum atomic E-state index is 0.337. The number of rotatable bonds is 5. The van der Waals surface area contributed by atoms with Crippen molar-refractivity contribution in [3.05, 3.63) is 0 Å². The SMILES string of the molecule is C#CCSCCNC1CC(=O)N2CCCCC12. The molecule has 0 radical (unpaired) electrons. The summed E-state index contributed by atoms with van der Waals surface area (Å²) in [4.78, 5) is 13.9. The van der Waals surface area contributed by atoms with Crippen LogP contribution in [-0.2, 0) is 4.79 Å². The number of nitrogens with one attached hydrogen (secondary N) is 1. The molecule has 2 aliphatic rings. The van der Waals surface area contributed by atoms with E-state index in [0.717, 1.165) is 24.6 Å². The Morgan fingerprint density at radius 2 is 2.41 bits per heavy atom. The molecule has 2 rings (SSSR count). The van der Waals surface area contributed by atoms with Gasteiger partial charge in [-0.05, 0) is 19.3 Å². The van der Waals surface area contributed by atoms with Gasteiger partial charge in [-0.15, -0.1) is 18.2 Å². The van der Waals surface area contributed by atoms with E-state index in [4.69, 9.17) is 6.42 Å². The van der Waals surface area contributed by atoms with E-state index in [1.54, 1.807) is 11.8 Å². The Hall–Kier alpha value is -0.660. The van der Waals surface area contributed by atoms with Gasteiger partial charge in [0.15, 0.2) is 0 Å². The minimum Gasteiger partial charge on any atom is -0.338 e.